The van der Waals surface area contributed by atoms with Crippen LogP contribution in [-0.4, -0.2) is 8.75 Å². The van der Waals surface area contributed by atoms with E-state index in [0.717, 1.165) is 35.0 Å². The fraction of sp³-hybridized carbons (Fsp3) is 0.0833. The van der Waals surface area contributed by atoms with E-state index in [1.807, 2.05) is 37.3 Å². The smallest absolute Gasteiger partial charge is 0.172 e. The van der Waals surface area contributed by atoms with Crippen LogP contribution in [0.25, 0.3) is 11.0 Å². The highest BCUT2D eigenvalue weighted by atomic mass is 32.1. The minimum absolute atomic E-state index is 0.488. The van der Waals surface area contributed by atoms with Crippen molar-refractivity contribution in [3.05, 3.63) is 94.0 Å². The maximum atomic E-state index is 12.7. The normalized spacial score (nSPS) is 10.8. The van der Waals surface area contributed by atoms with Gasteiger partial charge in [-0.1, -0.05) is 41.4 Å². The van der Waals surface area contributed by atoms with E-state index in [-0.39, 0.29) is 0 Å². The Morgan fingerprint density at radius 1 is 0.667 bits per heavy atom. The van der Waals surface area contributed by atoms with Crippen LogP contribution in [0.1, 0.15) is 33.4 Å². The lowest BCUT2D eigenvalue weighted by Gasteiger charge is -2.05. The van der Waals surface area contributed by atoms with Crippen molar-refractivity contribution in [2.24, 2.45) is 0 Å². The third-order valence-electron chi connectivity index (χ3n) is 4.36. The van der Waals surface area contributed by atoms with Gasteiger partial charge in [0, 0.05) is 11.1 Å². The van der Waals surface area contributed by atoms with E-state index in [2.05, 4.69) is 32.4 Å². The Morgan fingerprint density at radius 3 is 1.60 bits per heavy atom. The fourth-order valence-electron chi connectivity index (χ4n) is 2.73. The van der Waals surface area contributed by atoms with Crippen LogP contribution in [0.4, 0.5) is 13.2 Å². The van der Waals surface area contributed by atoms with E-state index in [4.69, 9.17) is 0 Å². The molecule has 6 heteroatoms. The Kier molecular flexibility index (Phi) is 5.27. The molecular formula is C24H13F3N2S. The summed E-state index contributed by atoms with van der Waals surface area (Å²) in [7, 11) is 0. The summed E-state index contributed by atoms with van der Waals surface area (Å²) in [6.45, 7) is 2.02. The Bertz CT molecular complexity index is 1330. The van der Waals surface area contributed by atoms with Gasteiger partial charge >= 0.3 is 6.18 Å². The summed E-state index contributed by atoms with van der Waals surface area (Å²) in [5.74, 6) is 12.1. The third-order valence-corrected chi connectivity index (χ3v) is 4.89. The zero-order chi connectivity index (χ0) is 21.1. The van der Waals surface area contributed by atoms with Crippen molar-refractivity contribution < 1.29 is 13.2 Å². The van der Waals surface area contributed by atoms with Gasteiger partial charge in [0.15, 0.2) is 0 Å². The first-order chi connectivity index (χ1) is 14.4. The number of rotatable bonds is 0. The number of alkyl halides is 3. The second kappa shape index (κ2) is 8.02. The maximum absolute atomic E-state index is 12.7. The van der Waals surface area contributed by atoms with Gasteiger partial charge in [-0.05, 0) is 55.5 Å². The van der Waals surface area contributed by atoms with Gasteiger partial charge in [-0.3, -0.25) is 0 Å². The maximum Gasteiger partial charge on any atom is 0.416 e. The first-order valence-electron chi connectivity index (χ1n) is 8.93. The van der Waals surface area contributed by atoms with Gasteiger partial charge in [-0.25, -0.2) is 0 Å². The number of aryl methyl sites for hydroxylation is 1. The van der Waals surface area contributed by atoms with Crippen LogP contribution >= 0.6 is 11.7 Å². The summed E-state index contributed by atoms with van der Waals surface area (Å²) in [6.07, 6.45) is -4.36. The molecule has 4 rings (SSSR count). The molecule has 2 nitrogen and oxygen atoms in total. The molecule has 0 aliphatic carbocycles. The number of hydrogen-bond acceptors (Lipinski definition) is 3. The van der Waals surface area contributed by atoms with Crippen molar-refractivity contribution in [2.75, 3.05) is 0 Å². The van der Waals surface area contributed by atoms with Crippen molar-refractivity contribution in [1.82, 2.24) is 8.75 Å². The molecule has 1 heterocycles. The Balaban J connectivity index is 1.64. The number of halogens is 3. The first-order valence-corrected chi connectivity index (χ1v) is 9.66. The van der Waals surface area contributed by atoms with Gasteiger partial charge in [-0.15, -0.1) is 0 Å². The third kappa shape index (κ3) is 4.35. The number of fused-ring (bicyclic) bond motifs is 1. The summed E-state index contributed by atoms with van der Waals surface area (Å²) in [6, 6.07) is 16.3. The summed E-state index contributed by atoms with van der Waals surface area (Å²) < 4.78 is 46.7. The van der Waals surface area contributed by atoms with Crippen LogP contribution in [0, 0.1) is 30.6 Å². The molecule has 0 saturated carbocycles. The molecule has 0 fully saturated rings. The molecule has 3 aromatic carbocycles. The molecule has 0 atom stereocenters. The van der Waals surface area contributed by atoms with Gasteiger partial charge in [0.25, 0.3) is 0 Å². The van der Waals surface area contributed by atoms with Crippen LogP contribution in [0.3, 0.4) is 0 Å². The van der Waals surface area contributed by atoms with Crippen molar-refractivity contribution in [1.29, 1.82) is 0 Å². The van der Waals surface area contributed by atoms with Crippen LogP contribution < -0.4 is 0 Å². The minimum atomic E-state index is -4.36. The van der Waals surface area contributed by atoms with Gasteiger partial charge in [0.1, 0.15) is 11.0 Å². The Morgan fingerprint density at radius 2 is 1.13 bits per heavy atom. The monoisotopic (exact) mass is 418 g/mol. The predicted molar refractivity (Wildman–Crippen MR) is 112 cm³/mol. The topological polar surface area (TPSA) is 25.8 Å². The van der Waals surface area contributed by atoms with Crippen LogP contribution in [0.15, 0.2) is 60.7 Å². The van der Waals surface area contributed by atoms with Crippen LogP contribution in [-0.2, 0) is 6.18 Å². The van der Waals surface area contributed by atoms with E-state index in [9.17, 15) is 13.2 Å². The zero-order valence-electron chi connectivity index (χ0n) is 15.7. The molecule has 0 amide bonds. The van der Waals surface area contributed by atoms with Crippen molar-refractivity contribution in [3.8, 4) is 23.7 Å². The second-order valence-electron chi connectivity index (χ2n) is 6.56. The molecule has 0 radical (unpaired) electrons. The Hall–Kier alpha value is -3.61. The number of nitrogens with zero attached hydrogens (tertiary/aromatic N) is 2. The molecule has 0 aliphatic rings. The molecule has 0 bridgehead atoms. The molecule has 0 N–H and O–H groups in total. The van der Waals surface area contributed by atoms with Crippen molar-refractivity contribution in [3.63, 3.8) is 0 Å². The predicted octanol–water partition coefficient (Wildman–Crippen LogP) is 5.82. The molecule has 30 heavy (non-hydrogen) atoms. The highest BCUT2D eigenvalue weighted by Gasteiger charge is 2.29. The van der Waals surface area contributed by atoms with Crippen molar-refractivity contribution >= 4 is 22.8 Å². The lowest BCUT2D eigenvalue weighted by atomic mass is 10.1. The zero-order valence-corrected chi connectivity index (χ0v) is 16.5. The van der Waals surface area contributed by atoms with Gasteiger partial charge < -0.3 is 0 Å². The van der Waals surface area contributed by atoms with E-state index >= 15 is 0 Å². The summed E-state index contributed by atoms with van der Waals surface area (Å²) in [5.41, 5.74) is 4.57. The van der Waals surface area contributed by atoms with E-state index in [0.29, 0.717) is 22.2 Å². The van der Waals surface area contributed by atoms with Crippen molar-refractivity contribution in [2.45, 2.75) is 13.1 Å². The highest BCUT2D eigenvalue weighted by Crippen LogP contribution is 2.29. The quantitative estimate of drug-likeness (QED) is 0.337. The highest BCUT2D eigenvalue weighted by molar-refractivity contribution is 7.00. The number of hydrogen-bond donors (Lipinski definition) is 0. The molecule has 1 aromatic heterocycles. The summed E-state index contributed by atoms with van der Waals surface area (Å²) in [5, 5.41) is 0. The molecule has 0 saturated heterocycles. The molecule has 146 valence electrons. The van der Waals surface area contributed by atoms with Crippen LogP contribution in [0.2, 0.25) is 0 Å². The van der Waals surface area contributed by atoms with E-state index in [1.54, 1.807) is 6.07 Å². The molecular weight excluding hydrogens is 405 g/mol. The number of benzene rings is 3. The first kappa shape index (κ1) is 19.7. The van der Waals surface area contributed by atoms with Gasteiger partial charge in [-0.2, -0.15) is 21.9 Å². The molecule has 0 spiro atoms. The summed E-state index contributed by atoms with van der Waals surface area (Å²) >= 11 is 1.07. The minimum Gasteiger partial charge on any atom is -0.172 e. The second-order valence-corrected chi connectivity index (χ2v) is 7.09. The van der Waals surface area contributed by atoms with Crippen LogP contribution in [0.5, 0.6) is 0 Å². The van der Waals surface area contributed by atoms with Gasteiger partial charge in [0.2, 0.25) is 0 Å². The molecule has 0 aliphatic heterocycles. The SMILES string of the molecule is Cc1ccc(C#Cc2ccc(C#Cc3ccc(C(F)(F)F)cc3)c3nsnc23)cc1. The standard InChI is InChI=1S/C24H13F3N2S/c1-16-2-4-17(5-3-16)6-10-19-12-13-20(23-22(19)28-30-29-23)11-7-18-8-14-21(15-9-18)24(25,26)27/h2-5,8-9,12-15H,1H3. The average Bonchev–Trinajstić information content (AvgIpc) is 3.22. The van der Waals surface area contributed by atoms with E-state index in [1.165, 1.54) is 17.7 Å². The van der Waals surface area contributed by atoms with E-state index < -0.39 is 11.7 Å². The number of aromatic nitrogens is 2. The lowest BCUT2D eigenvalue weighted by Crippen LogP contribution is -2.04. The molecule has 0 unspecified atom stereocenters. The summed E-state index contributed by atoms with van der Waals surface area (Å²) in [4.78, 5) is 0. The van der Waals surface area contributed by atoms with Gasteiger partial charge in [0.05, 0.1) is 28.4 Å². The lowest BCUT2D eigenvalue weighted by molar-refractivity contribution is -0.137. The molecule has 4 aromatic rings. The average molecular weight is 418 g/mol. The largest absolute Gasteiger partial charge is 0.416 e. The Labute approximate surface area is 175 Å². The fourth-order valence-corrected chi connectivity index (χ4v) is 3.30.